The number of ketones is 7. The van der Waals surface area contributed by atoms with Gasteiger partial charge in [-0.3, -0.25) is 43.2 Å². The Balaban J connectivity index is 0.000000149. The number of aliphatic hydroxyl groups is 6. The molecule has 480 valence electrons. The summed E-state index contributed by atoms with van der Waals surface area (Å²) in [6, 6.07) is 0. The molecular weight excluding hydrogens is 1150 g/mol. The molecule has 9 fully saturated rings. The summed E-state index contributed by atoms with van der Waals surface area (Å²) in [5, 5.41) is 63.9. The van der Waals surface area contributed by atoms with Crippen molar-refractivity contribution in [2.45, 2.75) is 199 Å². The summed E-state index contributed by atoms with van der Waals surface area (Å²) < 4.78 is 11.3. The number of alkyl halides is 1. The number of halogens is 1. The molecule has 0 saturated heterocycles. The molecule has 18 heteroatoms. The van der Waals surface area contributed by atoms with Crippen molar-refractivity contribution in [1.29, 1.82) is 0 Å². The molecule has 88 heavy (non-hydrogen) atoms. The van der Waals surface area contributed by atoms with E-state index in [1.807, 2.05) is 59.8 Å². The molecule has 12 aliphatic carbocycles. The summed E-state index contributed by atoms with van der Waals surface area (Å²) in [5.74, 6) is -3.05. The maximum absolute atomic E-state index is 13.9. The van der Waals surface area contributed by atoms with Crippen LogP contribution in [0.25, 0.3) is 0 Å². The Morgan fingerprint density at radius 2 is 1.11 bits per heavy atom. The number of hydrogen-bond acceptors (Lipinski definition) is 17. The molecule has 0 aromatic rings. The van der Waals surface area contributed by atoms with Gasteiger partial charge in [-0.2, -0.15) is 0 Å². The molecule has 0 aliphatic heterocycles. The lowest BCUT2D eigenvalue weighted by Gasteiger charge is -2.64. The monoisotopic (exact) mass is 1240 g/mol. The Labute approximate surface area is 520 Å². The first-order valence-corrected chi connectivity index (χ1v) is 32.6. The van der Waals surface area contributed by atoms with Gasteiger partial charge >= 0.3 is 11.9 Å². The first kappa shape index (κ1) is 66.1. The van der Waals surface area contributed by atoms with Gasteiger partial charge < -0.3 is 40.1 Å². The van der Waals surface area contributed by atoms with Crippen LogP contribution in [0.15, 0.2) is 71.4 Å². The van der Waals surface area contributed by atoms with Crippen LogP contribution >= 0.6 is 11.6 Å². The van der Waals surface area contributed by atoms with E-state index in [0.29, 0.717) is 44.9 Å². The molecule has 9 saturated carbocycles. The largest absolute Gasteiger partial charge is 0.457 e. The van der Waals surface area contributed by atoms with E-state index in [1.54, 1.807) is 44.2 Å². The quantitative estimate of drug-likeness (QED) is 0.0916. The molecule has 0 spiro atoms. The molecule has 0 amide bonds. The summed E-state index contributed by atoms with van der Waals surface area (Å²) in [7, 11) is 0. The predicted molar refractivity (Wildman–Crippen MR) is 322 cm³/mol. The standard InChI is InChI=1S/C28H37ClO7.C21H28O5.C21H26O5/c1-6-23(33)35-15-22(32)28(36-24(34)7-2)16(3)12-20-19-9-8-17-13-18(30)10-11-25(17,4)27(19,29)21(31)14-26(20,28)5;2*1-19-7-5-13(23)9-12(19)3-4-14-15-6-8-21(26,17(25)11-22)20(15,2)10-16(24)18(14)19/h10-11,13,16,19-21,31H,6-9,12,14-15H2,1-5H3;5,7,9,14-16,18,22,24,26H,3-4,6,8,10-11H2,1-2H3;5,7,9,14-15,18,22,26H,3-4,6,8,10-11H2,1-2H3/t16-,19-,20-,21-,25-,26-,27-,28-;14-,15-,16-,18+,19-,20-,21-;14-,15-,18+,19-,20-,21-/m000/s1. The number of rotatable bonds is 10. The van der Waals surface area contributed by atoms with E-state index in [4.69, 9.17) is 21.1 Å². The smallest absolute Gasteiger partial charge is 0.306 e. The van der Waals surface area contributed by atoms with Crippen molar-refractivity contribution in [2.24, 2.45) is 85.8 Å². The van der Waals surface area contributed by atoms with E-state index >= 15 is 0 Å². The fourth-order valence-electron chi connectivity index (χ4n) is 21.5. The maximum atomic E-state index is 13.9. The summed E-state index contributed by atoms with van der Waals surface area (Å²) >= 11 is 7.48. The second-order valence-electron chi connectivity index (χ2n) is 29.6. The van der Waals surface area contributed by atoms with Crippen LogP contribution < -0.4 is 0 Å². The highest BCUT2D eigenvalue weighted by Crippen LogP contribution is 2.73. The molecule has 12 aliphatic rings. The molecule has 17 nitrogen and oxygen atoms in total. The second-order valence-corrected chi connectivity index (χ2v) is 30.2. The highest BCUT2D eigenvalue weighted by atomic mass is 35.5. The van der Waals surface area contributed by atoms with Crippen molar-refractivity contribution >= 4 is 64.0 Å². The Hall–Kier alpha value is -4.88. The molecule has 12 rings (SSSR count). The number of Topliss-reactive ketones (excluding diaryl/α,β-unsaturated/α-hetero) is 4. The SMILES string of the molecule is CCC(=O)OCC(=O)[C@@]1(OC(=O)CC)[C@@H](C)C[C@H]2[C@@H]3CCC4=CC(=O)C=C[C@]4(C)[C@@]3(Cl)[C@@H](O)C[C@@]21C.C[C@]12C=CC(=O)C=C1CC[C@@H]1[C@@H]2C(=O)C[C@@]2(C)[C@H]1CC[C@]2(O)C(=O)CO.C[C@]12C=CC(=O)C=C1CC[C@@H]1[C@@H]2[C@@H](O)C[C@@]2(C)[C@H]1CC[C@]2(O)C(=O)CO. The van der Waals surface area contributed by atoms with Gasteiger partial charge in [-0.15, -0.1) is 11.6 Å². The van der Waals surface area contributed by atoms with Gasteiger partial charge in [0.1, 0.15) is 30.2 Å². The summed E-state index contributed by atoms with van der Waals surface area (Å²) in [5.41, 5.74) is -5.67. The van der Waals surface area contributed by atoms with Gasteiger partial charge in [0.25, 0.3) is 0 Å². The van der Waals surface area contributed by atoms with Gasteiger partial charge in [-0.25, -0.2) is 0 Å². The van der Waals surface area contributed by atoms with Gasteiger partial charge in [-0.1, -0.05) is 97.3 Å². The maximum Gasteiger partial charge on any atom is 0.306 e. The molecular formula is C70H91ClO17. The number of ether oxygens (including phenoxy) is 2. The molecule has 0 heterocycles. The number of hydrogen-bond donors (Lipinski definition) is 6. The Kier molecular flexibility index (Phi) is 17.1. The average Bonchev–Trinajstić information content (AvgIpc) is 1.52. The van der Waals surface area contributed by atoms with Crippen molar-refractivity contribution in [1.82, 2.24) is 0 Å². The molecule has 21 atom stereocenters. The number of allylic oxidation sites excluding steroid dienone is 12. The van der Waals surface area contributed by atoms with Crippen LogP contribution in [0.1, 0.15) is 165 Å². The fourth-order valence-corrected chi connectivity index (χ4v) is 22.1. The van der Waals surface area contributed by atoms with E-state index in [-0.39, 0.29) is 107 Å². The summed E-state index contributed by atoms with van der Waals surface area (Å²) in [6.07, 6.45) is 21.7. The van der Waals surface area contributed by atoms with Gasteiger partial charge in [0.15, 0.2) is 41.1 Å². The molecule has 6 N–H and O–H groups in total. The number of esters is 2. The van der Waals surface area contributed by atoms with E-state index in [0.717, 1.165) is 48.8 Å². The van der Waals surface area contributed by atoms with E-state index in [1.165, 1.54) is 6.08 Å². The van der Waals surface area contributed by atoms with E-state index < -0.39 is 110 Å². The summed E-state index contributed by atoms with van der Waals surface area (Å²) in [4.78, 5) is 111. The normalized spacial score (nSPS) is 46.3. The van der Waals surface area contributed by atoms with Crippen LogP contribution in [0.4, 0.5) is 0 Å². The van der Waals surface area contributed by atoms with Crippen molar-refractivity contribution < 1.29 is 83.3 Å². The molecule has 0 aromatic carbocycles. The van der Waals surface area contributed by atoms with Crippen molar-refractivity contribution in [3.8, 4) is 0 Å². The third kappa shape index (κ3) is 9.26. The number of aliphatic hydroxyl groups excluding tert-OH is 4. The topological polar surface area (TPSA) is 293 Å². The lowest BCUT2D eigenvalue weighted by Crippen LogP contribution is -2.69. The van der Waals surface area contributed by atoms with Gasteiger partial charge in [0, 0.05) is 69.5 Å². The highest BCUT2D eigenvalue weighted by Gasteiger charge is 2.77. The minimum Gasteiger partial charge on any atom is -0.457 e. The van der Waals surface area contributed by atoms with Crippen LogP contribution in [0, 0.1) is 85.8 Å². The molecule has 0 unspecified atom stereocenters. The number of carbonyl (C=O) groups excluding carboxylic acids is 9. The van der Waals surface area contributed by atoms with Crippen LogP contribution in [0.5, 0.6) is 0 Å². The highest BCUT2D eigenvalue weighted by molar-refractivity contribution is 6.26. The third-order valence-electron chi connectivity index (χ3n) is 26.1. The molecule has 0 aromatic heterocycles. The Morgan fingerprint density at radius 1 is 0.602 bits per heavy atom. The first-order chi connectivity index (χ1) is 41.2. The first-order valence-electron chi connectivity index (χ1n) is 32.2. The third-order valence-corrected chi connectivity index (χ3v) is 27.0. The average molecular weight is 1240 g/mol. The second kappa shape index (κ2) is 22.8. The van der Waals surface area contributed by atoms with Crippen molar-refractivity contribution in [3.63, 3.8) is 0 Å². The minimum atomic E-state index is -1.62. The fraction of sp³-hybridized carbons (Fsp3) is 0.700. The van der Waals surface area contributed by atoms with Crippen LogP contribution in [-0.4, -0.2) is 137 Å². The Bertz CT molecular complexity index is 3190. The zero-order valence-corrected chi connectivity index (χ0v) is 53.3. The summed E-state index contributed by atoms with van der Waals surface area (Å²) in [6.45, 7) is 15.1. The van der Waals surface area contributed by atoms with Crippen LogP contribution in [0.3, 0.4) is 0 Å². The zero-order valence-electron chi connectivity index (χ0n) is 52.5. The predicted octanol–water partition coefficient (Wildman–Crippen LogP) is 7.41. The van der Waals surface area contributed by atoms with E-state index in [9.17, 15) is 73.8 Å². The van der Waals surface area contributed by atoms with Crippen LogP contribution in [-0.2, 0) is 52.6 Å². The minimum absolute atomic E-state index is 0.00912. The van der Waals surface area contributed by atoms with Crippen molar-refractivity contribution in [2.75, 3.05) is 19.8 Å². The van der Waals surface area contributed by atoms with Gasteiger partial charge in [-0.05, 0) is 155 Å². The van der Waals surface area contributed by atoms with Crippen LogP contribution in [0.2, 0.25) is 0 Å². The number of fused-ring (bicyclic) bond motifs is 15. The van der Waals surface area contributed by atoms with E-state index in [2.05, 4.69) is 6.92 Å². The lowest BCUT2D eigenvalue weighted by molar-refractivity contribution is -0.203. The van der Waals surface area contributed by atoms with Crippen molar-refractivity contribution in [3.05, 3.63) is 71.4 Å². The lowest BCUT2D eigenvalue weighted by atomic mass is 9.45. The zero-order chi connectivity index (χ0) is 64.5. The van der Waals surface area contributed by atoms with Gasteiger partial charge in [0.05, 0.1) is 17.1 Å². The van der Waals surface area contributed by atoms with Gasteiger partial charge in [0.2, 0.25) is 5.78 Å². The Morgan fingerprint density at radius 3 is 1.69 bits per heavy atom. The molecule has 0 bridgehead atoms. The number of carbonyl (C=O) groups is 9. The molecule has 0 radical (unpaired) electrons.